The lowest BCUT2D eigenvalue weighted by atomic mass is 9.95. The molecule has 1 saturated carbocycles. The summed E-state index contributed by atoms with van der Waals surface area (Å²) in [5, 5.41) is 10.5. The van der Waals surface area contributed by atoms with Crippen molar-refractivity contribution in [2.45, 2.75) is 45.1 Å². The van der Waals surface area contributed by atoms with Gasteiger partial charge in [-0.15, -0.1) is 0 Å². The first-order valence-corrected chi connectivity index (χ1v) is 8.92. The van der Waals surface area contributed by atoms with Gasteiger partial charge in [0, 0.05) is 6.04 Å². The second-order valence-corrected chi connectivity index (χ2v) is 7.49. The molecule has 5 heteroatoms. The molecule has 1 heterocycles. The summed E-state index contributed by atoms with van der Waals surface area (Å²) in [4.78, 5) is 5.21. The Labute approximate surface area is 140 Å². The molecule has 1 aliphatic rings. The second-order valence-electron chi connectivity index (χ2n) is 5.81. The normalized spacial score (nSPS) is 16.4. The van der Waals surface area contributed by atoms with Gasteiger partial charge in [0.2, 0.25) is 5.88 Å². The van der Waals surface area contributed by atoms with Gasteiger partial charge in [0.1, 0.15) is 4.88 Å². The lowest BCUT2D eigenvalue weighted by molar-refractivity contribution is 0.312. The topological polar surface area (TPSA) is 37.5 Å². The van der Waals surface area contributed by atoms with Crippen LogP contribution in [-0.2, 0) is 0 Å². The molecule has 0 atom stereocenters. The van der Waals surface area contributed by atoms with Crippen molar-refractivity contribution in [3.63, 3.8) is 0 Å². The molecule has 1 fully saturated rings. The van der Waals surface area contributed by atoms with Crippen molar-refractivity contribution in [2.24, 2.45) is 4.99 Å². The van der Waals surface area contributed by atoms with Gasteiger partial charge in [-0.3, -0.25) is 9.56 Å². The van der Waals surface area contributed by atoms with Crippen LogP contribution in [0.5, 0.6) is 5.88 Å². The predicted octanol–water partition coefficient (Wildman–Crippen LogP) is 5.55. The molecule has 0 unspecified atom stereocenters. The highest BCUT2D eigenvalue weighted by Gasteiger charge is 2.21. The van der Waals surface area contributed by atoms with Crippen LogP contribution in [0.25, 0.3) is 0 Å². The Bertz CT molecular complexity index is 739. The molecule has 0 spiro atoms. The van der Waals surface area contributed by atoms with E-state index in [1.165, 1.54) is 36.2 Å². The fourth-order valence-corrected chi connectivity index (χ4v) is 4.30. The smallest absolute Gasteiger partial charge is 0.212 e. The number of benzene rings is 1. The van der Waals surface area contributed by atoms with E-state index >= 15 is 0 Å². The Balaban J connectivity index is 1.87. The largest absolute Gasteiger partial charge is 0.493 e. The fourth-order valence-electron chi connectivity index (χ4n) is 2.98. The number of nitrogens with zero attached hydrogens (tertiary/aromatic N) is 2. The Hall–Kier alpha value is -1.46. The summed E-state index contributed by atoms with van der Waals surface area (Å²) >= 11 is 6.89. The minimum atomic E-state index is 0.276. The predicted molar refractivity (Wildman–Crippen MR) is 95.4 cm³/mol. The highest BCUT2D eigenvalue weighted by molar-refractivity contribution is 7.73. The van der Waals surface area contributed by atoms with Gasteiger partial charge in [-0.05, 0) is 49.7 Å². The molecule has 1 aromatic heterocycles. The fraction of sp³-hybridized carbons (Fsp3) is 0.412. The van der Waals surface area contributed by atoms with Gasteiger partial charge in [-0.2, -0.15) is 0 Å². The van der Waals surface area contributed by atoms with Crippen LogP contribution in [-0.4, -0.2) is 15.9 Å². The summed E-state index contributed by atoms with van der Waals surface area (Å²) in [6.07, 6.45) is 7.66. The zero-order chi connectivity index (χ0) is 15.5. The molecule has 1 aliphatic carbocycles. The summed E-state index contributed by atoms with van der Waals surface area (Å²) < 4.78 is 2.67. The number of thiazole rings is 1. The Kier molecular flexibility index (Phi) is 4.74. The van der Waals surface area contributed by atoms with Gasteiger partial charge >= 0.3 is 0 Å². The van der Waals surface area contributed by atoms with Crippen LogP contribution in [0.2, 0.25) is 0 Å². The second kappa shape index (κ2) is 6.75. The van der Waals surface area contributed by atoms with Gasteiger partial charge < -0.3 is 5.11 Å². The van der Waals surface area contributed by atoms with Gasteiger partial charge in [0.25, 0.3) is 0 Å². The maximum absolute atomic E-state index is 10.5. The van der Waals surface area contributed by atoms with Gasteiger partial charge in [0.05, 0.1) is 11.9 Å². The first-order chi connectivity index (χ1) is 10.6. The van der Waals surface area contributed by atoms with Gasteiger partial charge in [-0.25, -0.2) is 0 Å². The van der Waals surface area contributed by atoms with Crippen LogP contribution >= 0.6 is 23.6 Å². The van der Waals surface area contributed by atoms with E-state index in [0.717, 1.165) is 27.4 Å². The highest BCUT2D eigenvalue weighted by Crippen LogP contribution is 2.35. The molecule has 2 aromatic rings. The van der Waals surface area contributed by atoms with E-state index in [-0.39, 0.29) is 5.88 Å². The average Bonchev–Trinajstić information content (AvgIpc) is 2.80. The van der Waals surface area contributed by atoms with E-state index in [4.69, 9.17) is 12.2 Å². The Morgan fingerprint density at radius 1 is 1.32 bits per heavy atom. The molecule has 3 rings (SSSR count). The van der Waals surface area contributed by atoms with E-state index in [2.05, 4.69) is 4.99 Å². The van der Waals surface area contributed by atoms with Crippen LogP contribution in [0, 0.1) is 10.9 Å². The number of aliphatic imine (C=N–C) groups is 1. The Morgan fingerprint density at radius 2 is 2.09 bits per heavy atom. The van der Waals surface area contributed by atoms with Crippen molar-refractivity contribution in [3.05, 3.63) is 38.7 Å². The number of aromatic nitrogens is 1. The van der Waals surface area contributed by atoms with E-state index in [1.54, 1.807) is 6.21 Å². The molecule has 116 valence electrons. The molecule has 1 aromatic carbocycles. The standard InChI is InChI=1S/C17H20N2OS2/c1-12-6-5-7-13(10-12)18-11-15-16(20)19(17(21)22-15)14-8-3-2-4-9-14/h5-7,10-11,14,20H,2-4,8-9H2,1H3. The van der Waals surface area contributed by atoms with Crippen LogP contribution < -0.4 is 0 Å². The van der Waals surface area contributed by atoms with E-state index in [9.17, 15) is 5.11 Å². The molecular weight excluding hydrogens is 312 g/mol. The monoisotopic (exact) mass is 332 g/mol. The van der Waals surface area contributed by atoms with Gasteiger partial charge in [-0.1, -0.05) is 42.7 Å². The summed E-state index contributed by atoms with van der Waals surface area (Å²) in [7, 11) is 0. The summed E-state index contributed by atoms with van der Waals surface area (Å²) in [5.41, 5.74) is 2.06. The minimum absolute atomic E-state index is 0.276. The first kappa shape index (κ1) is 15.4. The van der Waals surface area contributed by atoms with Gasteiger partial charge in [0.15, 0.2) is 3.95 Å². The molecule has 1 N–H and O–H groups in total. The highest BCUT2D eigenvalue weighted by atomic mass is 32.1. The van der Waals surface area contributed by atoms with Crippen molar-refractivity contribution in [3.8, 4) is 5.88 Å². The zero-order valence-corrected chi connectivity index (χ0v) is 14.3. The van der Waals surface area contributed by atoms with Crippen LogP contribution in [0.3, 0.4) is 0 Å². The number of rotatable bonds is 3. The summed E-state index contributed by atoms with van der Waals surface area (Å²) in [6.45, 7) is 2.04. The summed E-state index contributed by atoms with van der Waals surface area (Å²) in [6, 6.07) is 8.35. The molecule has 3 nitrogen and oxygen atoms in total. The zero-order valence-electron chi connectivity index (χ0n) is 12.7. The molecule has 0 amide bonds. The van der Waals surface area contributed by atoms with E-state index in [1.807, 2.05) is 35.8 Å². The average molecular weight is 332 g/mol. The van der Waals surface area contributed by atoms with Crippen molar-refractivity contribution in [1.29, 1.82) is 0 Å². The van der Waals surface area contributed by atoms with Crippen LogP contribution in [0.1, 0.15) is 48.6 Å². The Morgan fingerprint density at radius 3 is 2.82 bits per heavy atom. The molecule has 0 radical (unpaired) electrons. The number of hydrogen-bond donors (Lipinski definition) is 1. The summed E-state index contributed by atoms with van der Waals surface area (Å²) in [5.74, 6) is 0.276. The molecule has 0 bridgehead atoms. The lowest BCUT2D eigenvalue weighted by Crippen LogP contribution is -2.12. The lowest BCUT2D eigenvalue weighted by Gasteiger charge is -2.23. The number of aryl methyl sites for hydroxylation is 1. The van der Waals surface area contributed by atoms with Crippen LogP contribution in [0.15, 0.2) is 29.3 Å². The van der Waals surface area contributed by atoms with Crippen molar-refractivity contribution in [2.75, 3.05) is 0 Å². The SMILES string of the molecule is Cc1cccc(N=Cc2sc(=S)n(C3CCCCC3)c2O)c1. The molecule has 0 aliphatic heterocycles. The maximum Gasteiger partial charge on any atom is 0.212 e. The maximum atomic E-state index is 10.5. The third-order valence-electron chi connectivity index (χ3n) is 4.11. The molecule has 0 saturated heterocycles. The number of aromatic hydroxyl groups is 1. The third-order valence-corrected chi connectivity index (χ3v) is 5.44. The molecule has 22 heavy (non-hydrogen) atoms. The molecular formula is C17H20N2OS2. The third kappa shape index (κ3) is 3.31. The van der Waals surface area contributed by atoms with Crippen molar-refractivity contribution in [1.82, 2.24) is 4.57 Å². The van der Waals surface area contributed by atoms with Crippen molar-refractivity contribution >= 4 is 35.5 Å². The minimum Gasteiger partial charge on any atom is -0.493 e. The number of hydrogen-bond acceptors (Lipinski definition) is 4. The van der Waals surface area contributed by atoms with Crippen LogP contribution in [0.4, 0.5) is 5.69 Å². The quantitative estimate of drug-likeness (QED) is 0.591. The first-order valence-electron chi connectivity index (χ1n) is 7.70. The van der Waals surface area contributed by atoms with Crippen molar-refractivity contribution < 1.29 is 5.11 Å². The van der Waals surface area contributed by atoms with E-state index < -0.39 is 0 Å². The van der Waals surface area contributed by atoms with E-state index in [0.29, 0.717) is 6.04 Å².